The van der Waals surface area contributed by atoms with Crippen LogP contribution in [0.5, 0.6) is 0 Å². The number of aryl methyl sites for hydroxylation is 1. The normalized spacial score (nSPS) is 16.8. The number of fused-ring (bicyclic) bond motifs is 1. The van der Waals surface area contributed by atoms with Crippen molar-refractivity contribution in [1.82, 2.24) is 9.55 Å². The molecule has 2 aromatic rings. The number of hydrogen-bond donors (Lipinski definition) is 1. The van der Waals surface area contributed by atoms with Crippen molar-refractivity contribution in [2.24, 2.45) is 5.73 Å². The number of nitrogens with two attached hydrogens (primary N) is 1. The third kappa shape index (κ3) is 1.78. The fourth-order valence-corrected chi connectivity index (χ4v) is 2.61. The zero-order chi connectivity index (χ0) is 11.7. The molecule has 2 N–H and O–H groups in total. The molecule has 4 nitrogen and oxygen atoms in total. The lowest BCUT2D eigenvalue weighted by molar-refractivity contribution is 0.423. The van der Waals surface area contributed by atoms with E-state index in [4.69, 9.17) is 10.2 Å². The quantitative estimate of drug-likeness (QED) is 0.877. The largest absolute Gasteiger partial charge is 0.467 e. The number of imidazole rings is 1. The van der Waals surface area contributed by atoms with Gasteiger partial charge in [0.1, 0.15) is 11.8 Å². The second-order valence-corrected chi connectivity index (χ2v) is 4.52. The molecule has 17 heavy (non-hydrogen) atoms. The van der Waals surface area contributed by atoms with Crippen LogP contribution in [0.1, 0.15) is 36.0 Å². The molecule has 0 saturated carbocycles. The molecule has 1 atom stereocenters. The monoisotopic (exact) mass is 231 g/mol. The number of aromatic nitrogens is 2. The van der Waals surface area contributed by atoms with Gasteiger partial charge in [0.05, 0.1) is 18.3 Å². The van der Waals surface area contributed by atoms with Gasteiger partial charge in [-0.25, -0.2) is 4.98 Å². The number of rotatable bonds is 3. The van der Waals surface area contributed by atoms with E-state index in [-0.39, 0.29) is 6.04 Å². The van der Waals surface area contributed by atoms with E-state index in [1.807, 2.05) is 18.5 Å². The Labute approximate surface area is 100 Å². The van der Waals surface area contributed by atoms with Gasteiger partial charge in [0.15, 0.2) is 0 Å². The number of furan rings is 1. The Morgan fingerprint density at radius 3 is 3.06 bits per heavy atom. The summed E-state index contributed by atoms with van der Waals surface area (Å²) in [7, 11) is 0. The summed E-state index contributed by atoms with van der Waals surface area (Å²) in [6, 6.07) is 3.97. The second kappa shape index (κ2) is 4.37. The molecule has 3 rings (SSSR count). The minimum absolute atomic E-state index is 0.0827. The highest BCUT2D eigenvalue weighted by Gasteiger charge is 2.22. The molecule has 1 unspecified atom stereocenters. The van der Waals surface area contributed by atoms with Gasteiger partial charge < -0.3 is 14.7 Å². The number of nitrogens with zero attached hydrogens (tertiary/aromatic N) is 2. The molecule has 0 bridgehead atoms. The van der Waals surface area contributed by atoms with Crippen LogP contribution in [0.4, 0.5) is 0 Å². The van der Waals surface area contributed by atoms with E-state index in [2.05, 4.69) is 9.55 Å². The van der Waals surface area contributed by atoms with E-state index < -0.39 is 0 Å². The van der Waals surface area contributed by atoms with Gasteiger partial charge >= 0.3 is 0 Å². The maximum Gasteiger partial charge on any atom is 0.127 e. The predicted molar refractivity (Wildman–Crippen MR) is 64.8 cm³/mol. The van der Waals surface area contributed by atoms with Crippen LogP contribution in [0.3, 0.4) is 0 Å². The minimum atomic E-state index is 0.0827. The van der Waals surface area contributed by atoms with E-state index in [0.29, 0.717) is 6.54 Å². The summed E-state index contributed by atoms with van der Waals surface area (Å²) in [5.74, 6) is 0.915. The SMILES string of the molecule is NCC(c1ccco1)n1cnc2c1CCCC2. The molecule has 0 spiro atoms. The van der Waals surface area contributed by atoms with Crippen LogP contribution in [-0.4, -0.2) is 16.1 Å². The van der Waals surface area contributed by atoms with Gasteiger partial charge in [-0.3, -0.25) is 0 Å². The predicted octanol–water partition coefficient (Wildman–Crippen LogP) is 1.90. The van der Waals surface area contributed by atoms with Crippen LogP contribution in [-0.2, 0) is 12.8 Å². The summed E-state index contributed by atoms with van der Waals surface area (Å²) in [5.41, 5.74) is 8.45. The van der Waals surface area contributed by atoms with E-state index in [9.17, 15) is 0 Å². The van der Waals surface area contributed by atoms with Crippen LogP contribution >= 0.6 is 0 Å². The van der Waals surface area contributed by atoms with Crippen molar-refractivity contribution in [3.63, 3.8) is 0 Å². The molecule has 0 aliphatic heterocycles. The first-order valence-electron chi connectivity index (χ1n) is 6.18. The average Bonchev–Trinajstić information content (AvgIpc) is 3.01. The lowest BCUT2D eigenvalue weighted by Gasteiger charge is -2.20. The molecule has 90 valence electrons. The first-order chi connectivity index (χ1) is 8.40. The Balaban J connectivity index is 1.99. The third-order valence-electron chi connectivity index (χ3n) is 3.49. The van der Waals surface area contributed by atoms with Crippen LogP contribution in [0.2, 0.25) is 0 Å². The van der Waals surface area contributed by atoms with Crippen molar-refractivity contribution < 1.29 is 4.42 Å². The molecular formula is C13H17N3O. The Morgan fingerprint density at radius 1 is 1.41 bits per heavy atom. The van der Waals surface area contributed by atoms with Crippen LogP contribution < -0.4 is 5.73 Å². The maximum atomic E-state index is 5.88. The van der Waals surface area contributed by atoms with Gasteiger partial charge in [0.2, 0.25) is 0 Å². The minimum Gasteiger partial charge on any atom is -0.467 e. The fourth-order valence-electron chi connectivity index (χ4n) is 2.61. The summed E-state index contributed by atoms with van der Waals surface area (Å²) in [6.07, 6.45) is 8.30. The molecule has 1 aliphatic carbocycles. The second-order valence-electron chi connectivity index (χ2n) is 4.52. The van der Waals surface area contributed by atoms with Crippen LogP contribution in [0.25, 0.3) is 0 Å². The summed E-state index contributed by atoms with van der Waals surface area (Å²) < 4.78 is 7.66. The molecule has 0 aromatic carbocycles. The smallest absolute Gasteiger partial charge is 0.127 e. The summed E-state index contributed by atoms with van der Waals surface area (Å²) in [6.45, 7) is 0.538. The zero-order valence-electron chi connectivity index (χ0n) is 9.80. The Bertz CT molecular complexity index is 487. The van der Waals surface area contributed by atoms with E-state index in [1.165, 1.54) is 24.2 Å². The number of hydrogen-bond acceptors (Lipinski definition) is 3. The molecule has 0 amide bonds. The molecular weight excluding hydrogens is 214 g/mol. The Kier molecular flexibility index (Phi) is 2.73. The fraction of sp³-hybridized carbons (Fsp3) is 0.462. The zero-order valence-corrected chi connectivity index (χ0v) is 9.80. The van der Waals surface area contributed by atoms with Gasteiger partial charge in [0.25, 0.3) is 0 Å². The highest BCUT2D eigenvalue weighted by Crippen LogP contribution is 2.26. The van der Waals surface area contributed by atoms with Crippen molar-refractivity contribution in [3.8, 4) is 0 Å². The van der Waals surface area contributed by atoms with Gasteiger partial charge in [-0.05, 0) is 37.8 Å². The van der Waals surface area contributed by atoms with Crippen LogP contribution in [0, 0.1) is 0 Å². The molecule has 4 heteroatoms. The molecule has 2 aromatic heterocycles. The molecule has 0 fully saturated rings. The Hall–Kier alpha value is -1.55. The van der Waals surface area contributed by atoms with Crippen molar-refractivity contribution in [1.29, 1.82) is 0 Å². The molecule has 1 aliphatic rings. The van der Waals surface area contributed by atoms with Crippen molar-refractivity contribution >= 4 is 0 Å². The van der Waals surface area contributed by atoms with Crippen molar-refractivity contribution in [2.45, 2.75) is 31.7 Å². The van der Waals surface area contributed by atoms with Crippen LogP contribution in [0.15, 0.2) is 29.1 Å². The third-order valence-corrected chi connectivity index (χ3v) is 3.49. The highest BCUT2D eigenvalue weighted by molar-refractivity contribution is 5.20. The van der Waals surface area contributed by atoms with E-state index in [1.54, 1.807) is 6.26 Å². The molecule has 0 saturated heterocycles. The molecule has 0 radical (unpaired) electrons. The van der Waals surface area contributed by atoms with Gasteiger partial charge in [0, 0.05) is 12.2 Å². The van der Waals surface area contributed by atoms with E-state index >= 15 is 0 Å². The maximum absolute atomic E-state index is 5.88. The Morgan fingerprint density at radius 2 is 2.29 bits per heavy atom. The van der Waals surface area contributed by atoms with Gasteiger partial charge in [-0.15, -0.1) is 0 Å². The molecule has 2 heterocycles. The van der Waals surface area contributed by atoms with Gasteiger partial charge in [-0.1, -0.05) is 0 Å². The lowest BCUT2D eigenvalue weighted by Crippen LogP contribution is -2.22. The van der Waals surface area contributed by atoms with Gasteiger partial charge in [-0.2, -0.15) is 0 Å². The van der Waals surface area contributed by atoms with Crippen molar-refractivity contribution in [3.05, 3.63) is 41.9 Å². The first-order valence-corrected chi connectivity index (χ1v) is 6.18. The highest BCUT2D eigenvalue weighted by atomic mass is 16.3. The van der Waals surface area contributed by atoms with E-state index in [0.717, 1.165) is 18.6 Å². The topological polar surface area (TPSA) is 57.0 Å². The summed E-state index contributed by atoms with van der Waals surface area (Å²) in [4.78, 5) is 4.50. The summed E-state index contributed by atoms with van der Waals surface area (Å²) >= 11 is 0. The summed E-state index contributed by atoms with van der Waals surface area (Å²) in [5, 5.41) is 0. The standard InChI is InChI=1S/C13H17N3O/c14-8-12(13-6-3-7-17-13)16-9-15-10-4-1-2-5-11(10)16/h3,6-7,9,12H,1-2,4-5,8,14H2. The lowest BCUT2D eigenvalue weighted by atomic mass is 10.0. The average molecular weight is 231 g/mol. The van der Waals surface area contributed by atoms with Crippen molar-refractivity contribution in [2.75, 3.05) is 6.54 Å². The first kappa shape index (κ1) is 10.6.